The minimum absolute atomic E-state index is 0.173. The van der Waals surface area contributed by atoms with Gasteiger partial charge in [0.2, 0.25) is 10.0 Å². The number of nitrogens with zero attached hydrogens (tertiary/aromatic N) is 2. The Kier molecular flexibility index (Phi) is 5.08. The number of rotatable bonds is 6. The van der Waals surface area contributed by atoms with Gasteiger partial charge in [0.1, 0.15) is 23.0 Å². The normalized spacial score (nSPS) is 20.5. The fourth-order valence-corrected chi connectivity index (χ4v) is 4.64. The van der Waals surface area contributed by atoms with Crippen molar-refractivity contribution in [1.29, 1.82) is 0 Å². The maximum Gasteiger partial charge on any atom is 0.246 e. The lowest BCUT2D eigenvalue weighted by molar-refractivity contribution is 0.224. The van der Waals surface area contributed by atoms with Gasteiger partial charge in [0.15, 0.2) is 0 Å². The molecule has 1 unspecified atom stereocenters. The number of likely N-dealkylation sites (N-methyl/N-ethyl adjacent to an activating group) is 1. The minimum Gasteiger partial charge on any atom is -0.462 e. The van der Waals surface area contributed by atoms with Gasteiger partial charge in [-0.15, -0.1) is 0 Å². The molecule has 1 aliphatic rings. The van der Waals surface area contributed by atoms with Crippen LogP contribution in [-0.2, 0) is 16.6 Å². The molecule has 0 aromatic carbocycles. The van der Waals surface area contributed by atoms with Crippen LogP contribution in [0.15, 0.2) is 15.4 Å². The van der Waals surface area contributed by atoms with E-state index in [1.807, 2.05) is 0 Å². The molecule has 2 rings (SSSR count). The summed E-state index contributed by atoms with van der Waals surface area (Å²) >= 11 is 0. The molecule has 6 nitrogen and oxygen atoms in total. The average Bonchev–Trinajstić information content (AvgIpc) is 3.07. The first-order valence-electron chi connectivity index (χ1n) is 7.38. The van der Waals surface area contributed by atoms with Crippen molar-refractivity contribution < 1.29 is 17.9 Å². The number of furan rings is 1. The summed E-state index contributed by atoms with van der Waals surface area (Å²) in [5.74, 6) is 0.621. The molecule has 7 heteroatoms. The molecular formula is C14H24N2O4S. The second-order valence-electron chi connectivity index (χ2n) is 5.32. The fraction of sp³-hybridized carbons (Fsp3) is 0.714. The van der Waals surface area contributed by atoms with Crippen LogP contribution in [0.2, 0.25) is 0 Å². The quantitative estimate of drug-likeness (QED) is 0.853. The van der Waals surface area contributed by atoms with E-state index in [-0.39, 0.29) is 23.3 Å². The van der Waals surface area contributed by atoms with E-state index in [1.165, 1.54) is 10.4 Å². The van der Waals surface area contributed by atoms with Crippen molar-refractivity contribution in [2.75, 3.05) is 26.2 Å². The van der Waals surface area contributed by atoms with E-state index in [1.54, 1.807) is 6.92 Å². The summed E-state index contributed by atoms with van der Waals surface area (Å²) in [6.07, 6.45) is 0.852. The molecule has 1 atom stereocenters. The first-order valence-corrected chi connectivity index (χ1v) is 8.82. The zero-order valence-corrected chi connectivity index (χ0v) is 13.7. The summed E-state index contributed by atoms with van der Waals surface area (Å²) in [4.78, 5) is 2.46. The first-order chi connectivity index (χ1) is 9.93. The Balaban J connectivity index is 2.19. The largest absolute Gasteiger partial charge is 0.462 e. The fourth-order valence-electron chi connectivity index (χ4n) is 2.96. The lowest BCUT2D eigenvalue weighted by Gasteiger charge is -2.26. The van der Waals surface area contributed by atoms with Gasteiger partial charge in [0, 0.05) is 25.2 Å². The van der Waals surface area contributed by atoms with E-state index >= 15 is 0 Å². The van der Waals surface area contributed by atoms with Gasteiger partial charge in [0.25, 0.3) is 0 Å². The van der Waals surface area contributed by atoms with Crippen molar-refractivity contribution in [2.45, 2.75) is 44.7 Å². The predicted octanol–water partition coefficient (Wildman–Crippen LogP) is 1.19. The van der Waals surface area contributed by atoms with Gasteiger partial charge in [-0.1, -0.05) is 13.8 Å². The number of aliphatic hydroxyl groups is 1. The van der Waals surface area contributed by atoms with E-state index in [9.17, 15) is 8.42 Å². The van der Waals surface area contributed by atoms with Crippen LogP contribution in [0.3, 0.4) is 0 Å². The summed E-state index contributed by atoms with van der Waals surface area (Å²) in [6, 6.07) is 1.70. The lowest BCUT2D eigenvalue weighted by Crippen LogP contribution is -2.38. The highest BCUT2D eigenvalue weighted by Gasteiger charge is 2.36. The van der Waals surface area contributed by atoms with Crippen LogP contribution in [0, 0.1) is 6.92 Å². The summed E-state index contributed by atoms with van der Waals surface area (Å²) < 4.78 is 32.2. The molecule has 1 aromatic rings. The van der Waals surface area contributed by atoms with Crippen LogP contribution >= 0.6 is 0 Å². The van der Waals surface area contributed by atoms with Gasteiger partial charge in [-0.05, 0) is 26.4 Å². The molecule has 120 valence electrons. The van der Waals surface area contributed by atoms with Crippen LogP contribution in [0.1, 0.15) is 31.8 Å². The van der Waals surface area contributed by atoms with Crippen LogP contribution < -0.4 is 0 Å². The Labute approximate surface area is 126 Å². The van der Waals surface area contributed by atoms with Crippen molar-refractivity contribution in [3.05, 3.63) is 17.6 Å². The number of sulfonamides is 1. The van der Waals surface area contributed by atoms with Crippen LogP contribution in [0.4, 0.5) is 0 Å². The Morgan fingerprint density at radius 3 is 2.62 bits per heavy atom. The maximum atomic E-state index is 12.7. The van der Waals surface area contributed by atoms with Crippen molar-refractivity contribution in [1.82, 2.24) is 9.21 Å². The van der Waals surface area contributed by atoms with Gasteiger partial charge in [-0.25, -0.2) is 8.42 Å². The molecule has 1 aromatic heterocycles. The van der Waals surface area contributed by atoms with Gasteiger partial charge < -0.3 is 9.52 Å². The van der Waals surface area contributed by atoms with Crippen molar-refractivity contribution in [2.24, 2.45) is 0 Å². The molecule has 0 amide bonds. The second-order valence-corrected chi connectivity index (χ2v) is 7.22. The van der Waals surface area contributed by atoms with Crippen molar-refractivity contribution in [3.8, 4) is 0 Å². The molecule has 1 aliphatic heterocycles. The molecule has 0 saturated carbocycles. The number of aryl methyl sites for hydroxylation is 1. The van der Waals surface area contributed by atoms with Crippen LogP contribution in [0.5, 0.6) is 0 Å². The van der Waals surface area contributed by atoms with Crippen molar-refractivity contribution in [3.63, 3.8) is 0 Å². The Hall–Kier alpha value is -0.890. The van der Waals surface area contributed by atoms with E-state index in [4.69, 9.17) is 9.52 Å². The zero-order chi connectivity index (χ0) is 15.6. The SMILES string of the molecule is CCN(CC)C1CCN(S(=O)(=O)c2cc(CO)oc2C)C1. The smallest absolute Gasteiger partial charge is 0.246 e. The van der Waals surface area contributed by atoms with Gasteiger partial charge in [0.05, 0.1) is 0 Å². The number of aliphatic hydroxyl groups excluding tert-OH is 1. The number of hydrogen-bond donors (Lipinski definition) is 1. The topological polar surface area (TPSA) is 74.0 Å². The number of hydrogen-bond acceptors (Lipinski definition) is 5. The highest BCUT2D eigenvalue weighted by atomic mass is 32.2. The molecule has 0 bridgehead atoms. The highest BCUT2D eigenvalue weighted by molar-refractivity contribution is 7.89. The second kappa shape index (κ2) is 6.48. The molecule has 0 radical (unpaired) electrons. The maximum absolute atomic E-state index is 12.7. The van der Waals surface area contributed by atoms with Gasteiger partial charge in [-0.2, -0.15) is 4.31 Å². The molecule has 2 heterocycles. The highest BCUT2D eigenvalue weighted by Crippen LogP contribution is 2.27. The molecule has 1 N–H and O–H groups in total. The Morgan fingerprint density at radius 2 is 2.10 bits per heavy atom. The zero-order valence-electron chi connectivity index (χ0n) is 12.9. The van der Waals surface area contributed by atoms with Gasteiger partial charge >= 0.3 is 0 Å². The summed E-state index contributed by atoms with van der Waals surface area (Å²) in [7, 11) is -3.54. The molecule has 1 fully saturated rings. The third kappa shape index (κ3) is 3.15. The standard InChI is InChI=1S/C14H24N2O4S/c1-4-15(5-2)12-6-7-16(9-12)21(18,19)14-8-13(10-17)20-11(14)3/h8,12,17H,4-7,9-10H2,1-3H3. The monoisotopic (exact) mass is 316 g/mol. The minimum atomic E-state index is -3.54. The summed E-state index contributed by atoms with van der Waals surface area (Å²) in [5.41, 5.74) is 0. The van der Waals surface area contributed by atoms with E-state index in [0.29, 0.717) is 18.8 Å². The van der Waals surface area contributed by atoms with Gasteiger partial charge in [-0.3, -0.25) is 4.90 Å². The average molecular weight is 316 g/mol. The third-order valence-electron chi connectivity index (χ3n) is 4.15. The van der Waals surface area contributed by atoms with E-state index in [0.717, 1.165) is 19.5 Å². The van der Waals surface area contributed by atoms with Crippen molar-refractivity contribution >= 4 is 10.0 Å². The Morgan fingerprint density at radius 1 is 1.43 bits per heavy atom. The van der Waals surface area contributed by atoms with Crippen LogP contribution in [-0.4, -0.2) is 55.0 Å². The molecule has 0 spiro atoms. The predicted molar refractivity (Wildman–Crippen MR) is 79.5 cm³/mol. The molecular weight excluding hydrogens is 292 g/mol. The van der Waals surface area contributed by atoms with E-state index < -0.39 is 10.0 Å². The summed E-state index contributed by atoms with van der Waals surface area (Å²) in [5, 5.41) is 9.08. The van der Waals surface area contributed by atoms with E-state index in [2.05, 4.69) is 18.7 Å². The van der Waals surface area contributed by atoms with Crippen LogP contribution in [0.25, 0.3) is 0 Å². The Bertz CT molecular complexity index is 578. The molecule has 0 aliphatic carbocycles. The lowest BCUT2D eigenvalue weighted by atomic mass is 10.2. The third-order valence-corrected chi connectivity index (χ3v) is 6.12. The first kappa shape index (κ1) is 16.5. The summed E-state index contributed by atoms with van der Waals surface area (Å²) in [6.45, 7) is 8.40. The molecule has 1 saturated heterocycles. The molecule has 21 heavy (non-hydrogen) atoms.